The molecule has 0 aliphatic heterocycles. The van der Waals surface area contributed by atoms with Crippen molar-refractivity contribution in [1.29, 1.82) is 0 Å². The molecule has 1 aromatic rings. The van der Waals surface area contributed by atoms with E-state index >= 15 is 0 Å². The Hall–Kier alpha value is -0.620. The fraction of sp³-hybridized carbons (Fsp3) is 0.500. The Bertz CT molecular complexity index is 459. The van der Waals surface area contributed by atoms with Crippen LogP contribution < -0.4 is 10.0 Å². The number of nitrogens with one attached hydrogen (secondary N) is 2. The van der Waals surface area contributed by atoms with Crippen molar-refractivity contribution >= 4 is 21.6 Å². The number of rotatable bonds is 7. The molecule has 0 amide bonds. The van der Waals surface area contributed by atoms with Crippen LogP contribution in [0.25, 0.3) is 0 Å². The van der Waals surface area contributed by atoms with Gasteiger partial charge in [0.1, 0.15) is 0 Å². The third kappa shape index (κ3) is 5.82. The maximum Gasteiger partial charge on any atom is 0.208 e. The molecule has 0 aliphatic rings. The molecule has 0 fully saturated rings. The average Bonchev–Trinajstić information content (AvgIpc) is 2.29. The zero-order valence-corrected chi connectivity index (χ0v) is 12.2. The summed E-state index contributed by atoms with van der Waals surface area (Å²) in [6.07, 6.45) is 2.09. The Morgan fingerprint density at radius 2 is 1.83 bits per heavy atom. The maximum absolute atomic E-state index is 10.9. The van der Waals surface area contributed by atoms with Gasteiger partial charge in [-0.05, 0) is 24.1 Å². The van der Waals surface area contributed by atoms with Crippen LogP contribution in [-0.4, -0.2) is 27.8 Å². The molecule has 0 spiro atoms. The minimum Gasteiger partial charge on any atom is -0.309 e. The summed E-state index contributed by atoms with van der Waals surface area (Å²) in [4.78, 5) is 0. The molecule has 1 aromatic carbocycles. The molecular formula is C12H19ClN2O2S. The van der Waals surface area contributed by atoms with Crippen molar-refractivity contribution in [3.05, 3.63) is 34.9 Å². The molecule has 0 aromatic heterocycles. The number of sulfonamides is 1. The van der Waals surface area contributed by atoms with Crippen LogP contribution in [0.2, 0.25) is 5.02 Å². The summed E-state index contributed by atoms with van der Waals surface area (Å²) in [6.45, 7) is 3.06. The molecule has 18 heavy (non-hydrogen) atoms. The first kappa shape index (κ1) is 15.4. The summed E-state index contributed by atoms with van der Waals surface area (Å²) in [7, 11) is -3.11. The zero-order valence-electron chi connectivity index (χ0n) is 10.6. The van der Waals surface area contributed by atoms with Crippen LogP contribution in [0, 0.1) is 0 Å². The van der Waals surface area contributed by atoms with Gasteiger partial charge in [-0.2, -0.15) is 0 Å². The van der Waals surface area contributed by atoms with Crippen molar-refractivity contribution in [2.75, 3.05) is 19.3 Å². The fourth-order valence-electron chi connectivity index (χ4n) is 1.68. The van der Waals surface area contributed by atoms with Crippen molar-refractivity contribution in [3.63, 3.8) is 0 Å². The van der Waals surface area contributed by atoms with E-state index in [4.69, 9.17) is 11.6 Å². The van der Waals surface area contributed by atoms with E-state index in [9.17, 15) is 8.42 Å². The van der Waals surface area contributed by atoms with Crippen molar-refractivity contribution in [2.24, 2.45) is 0 Å². The first-order valence-electron chi connectivity index (χ1n) is 5.86. The Balaban J connectivity index is 2.45. The van der Waals surface area contributed by atoms with E-state index in [-0.39, 0.29) is 6.04 Å². The molecule has 1 atom stereocenters. The fourth-order valence-corrected chi connectivity index (χ4v) is 2.27. The van der Waals surface area contributed by atoms with Gasteiger partial charge in [0, 0.05) is 24.2 Å². The molecule has 102 valence electrons. The van der Waals surface area contributed by atoms with E-state index < -0.39 is 10.0 Å². The highest BCUT2D eigenvalue weighted by molar-refractivity contribution is 7.88. The highest BCUT2D eigenvalue weighted by atomic mass is 35.5. The van der Waals surface area contributed by atoms with Crippen LogP contribution in [0.1, 0.15) is 24.9 Å². The highest BCUT2D eigenvalue weighted by Gasteiger charge is 2.08. The van der Waals surface area contributed by atoms with Crippen molar-refractivity contribution in [2.45, 2.75) is 19.4 Å². The van der Waals surface area contributed by atoms with Gasteiger partial charge < -0.3 is 5.32 Å². The molecule has 1 rings (SSSR count). The molecule has 0 saturated heterocycles. The predicted molar refractivity (Wildman–Crippen MR) is 75.3 cm³/mol. The second kappa shape index (κ2) is 7.09. The van der Waals surface area contributed by atoms with Crippen LogP contribution in [-0.2, 0) is 10.0 Å². The maximum atomic E-state index is 10.9. The summed E-state index contributed by atoms with van der Waals surface area (Å²) in [5.74, 6) is 0. The molecule has 2 N–H and O–H groups in total. The summed E-state index contributed by atoms with van der Waals surface area (Å²) in [5.41, 5.74) is 1.15. The second-order valence-electron chi connectivity index (χ2n) is 4.13. The quantitative estimate of drug-likeness (QED) is 0.755. The first-order valence-corrected chi connectivity index (χ1v) is 8.13. The van der Waals surface area contributed by atoms with Crippen molar-refractivity contribution < 1.29 is 8.42 Å². The van der Waals surface area contributed by atoms with E-state index in [0.717, 1.165) is 18.2 Å². The number of halogens is 1. The Kier molecular flexibility index (Phi) is 6.08. The largest absolute Gasteiger partial charge is 0.309 e. The lowest BCUT2D eigenvalue weighted by Crippen LogP contribution is -2.32. The van der Waals surface area contributed by atoms with Gasteiger partial charge in [-0.15, -0.1) is 0 Å². The van der Waals surface area contributed by atoms with Crippen molar-refractivity contribution in [1.82, 2.24) is 10.0 Å². The lowest BCUT2D eigenvalue weighted by atomic mass is 10.0. The molecule has 6 heteroatoms. The normalized spacial score (nSPS) is 13.5. The van der Waals surface area contributed by atoms with Gasteiger partial charge in [0.25, 0.3) is 0 Å². The first-order chi connectivity index (χ1) is 8.42. The lowest BCUT2D eigenvalue weighted by molar-refractivity contribution is 0.516. The molecule has 1 unspecified atom stereocenters. The predicted octanol–water partition coefficient (Wildman–Crippen LogP) is 1.93. The topological polar surface area (TPSA) is 58.2 Å². The Morgan fingerprint density at radius 3 is 2.33 bits per heavy atom. The van der Waals surface area contributed by atoms with Gasteiger partial charge in [0.15, 0.2) is 0 Å². The summed E-state index contributed by atoms with van der Waals surface area (Å²) in [6, 6.07) is 7.89. The van der Waals surface area contributed by atoms with Gasteiger partial charge in [0.05, 0.1) is 6.26 Å². The number of hydrogen-bond donors (Lipinski definition) is 2. The van der Waals surface area contributed by atoms with E-state index in [2.05, 4.69) is 17.0 Å². The van der Waals surface area contributed by atoms with E-state index in [1.807, 2.05) is 24.3 Å². The molecule has 0 bridgehead atoms. The molecule has 0 heterocycles. The van der Waals surface area contributed by atoms with Gasteiger partial charge in [-0.1, -0.05) is 30.7 Å². The van der Waals surface area contributed by atoms with Gasteiger partial charge in [-0.3, -0.25) is 0 Å². The van der Waals surface area contributed by atoms with E-state index in [1.54, 1.807) is 0 Å². The highest BCUT2D eigenvalue weighted by Crippen LogP contribution is 2.18. The molecular weight excluding hydrogens is 272 g/mol. The number of hydrogen-bond acceptors (Lipinski definition) is 3. The summed E-state index contributed by atoms with van der Waals surface area (Å²) >= 11 is 5.84. The van der Waals surface area contributed by atoms with Crippen LogP contribution in [0.3, 0.4) is 0 Å². The average molecular weight is 291 g/mol. The van der Waals surface area contributed by atoms with Gasteiger partial charge in [0.2, 0.25) is 10.0 Å². The smallest absolute Gasteiger partial charge is 0.208 e. The van der Waals surface area contributed by atoms with Gasteiger partial charge in [-0.25, -0.2) is 13.1 Å². The van der Waals surface area contributed by atoms with Crippen molar-refractivity contribution in [3.8, 4) is 0 Å². The molecule has 4 nitrogen and oxygen atoms in total. The monoisotopic (exact) mass is 290 g/mol. The van der Waals surface area contributed by atoms with E-state index in [0.29, 0.717) is 18.1 Å². The lowest BCUT2D eigenvalue weighted by Gasteiger charge is -2.17. The third-order valence-electron chi connectivity index (χ3n) is 2.56. The molecule has 0 saturated carbocycles. The zero-order chi connectivity index (χ0) is 13.6. The summed E-state index contributed by atoms with van der Waals surface area (Å²) in [5, 5.41) is 4.02. The molecule has 0 aliphatic carbocycles. The SMILES string of the molecule is CCC(NCCNS(C)(=O)=O)c1ccc(Cl)cc1. The van der Waals surface area contributed by atoms with Crippen LogP contribution >= 0.6 is 11.6 Å². The third-order valence-corrected chi connectivity index (χ3v) is 3.54. The Labute approximate surface area is 114 Å². The summed E-state index contributed by atoms with van der Waals surface area (Å²) < 4.78 is 24.2. The number of benzene rings is 1. The minimum atomic E-state index is -3.11. The second-order valence-corrected chi connectivity index (χ2v) is 6.40. The standard InChI is InChI=1S/C12H19ClN2O2S/c1-3-12(10-4-6-11(13)7-5-10)14-8-9-15-18(2,16)17/h4-7,12,14-15H,3,8-9H2,1-2H3. The van der Waals surface area contributed by atoms with Crippen LogP contribution in [0.15, 0.2) is 24.3 Å². The van der Waals surface area contributed by atoms with Crippen LogP contribution in [0.4, 0.5) is 0 Å². The van der Waals surface area contributed by atoms with E-state index in [1.165, 1.54) is 0 Å². The minimum absolute atomic E-state index is 0.212. The van der Waals surface area contributed by atoms with Crippen LogP contribution in [0.5, 0.6) is 0 Å². The Morgan fingerprint density at radius 1 is 1.22 bits per heavy atom. The molecule has 0 radical (unpaired) electrons. The van der Waals surface area contributed by atoms with Gasteiger partial charge >= 0.3 is 0 Å².